The normalized spacial score (nSPS) is 15.3. The second-order valence-corrected chi connectivity index (χ2v) is 9.86. The number of rotatable bonds is 10. The van der Waals surface area contributed by atoms with Crippen LogP contribution in [-0.4, -0.2) is 53.0 Å². The number of carbonyl (C=O) groups is 2. The SMILES string of the molecule is COc1ccc(CCN2C(=S)N(CCc3ccccc3)C(=O)C2CC(=O)Nc2ccc(Br)cc2)cc1. The van der Waals surface area contributed by atoms with E-state index in [1.54, 1.807) is 12.0 Å². The Balaban J connectivity index is 1.47. The Morgan fingerprint density at radius 1 is 0.944 bits per heavy atom. The highest BCUT2D eigenvalue weighted by Crippen LogP contribution is 2.24. The molecular weight excluding hydrogens is 538 g/mol. The number of halogens is 1. The first-order chi connectivity index (χ1) is 17.4. The summed E-state index contributed by atoms with van der Waals surface area (Å²) in [5.41, 5.74) is 2.92. The molecule has 3 aromatic carbocycles. The molecule has 6 nitrogen and oxygen atoms in total. The molecule has 0 aromatic heterocycles. The predicted molar refractivity (Wildman–Crippen MR) is 149 cm³/mol. The van der Waals surface area contributed by atoms with Crippen LogP contribution in [0.25, 0.3) is 0 Å². The van der Waals surface area contributed by atoms with E-state index in [0.29, 0.717) is 36.7 Å². The third kappa shape index (κ3) is 6.50. The van der Waals surface area contributed by atoms with E-state index in [9.17, 15) is 9.59 Å². The van der Waals surface area contributed by atoms with Crippen molar-refractivity contribution in [1.29, 1.82) is 0 Å². The van der Waals surface area contributed by atoms with Crippen LogP contribution in [0.1, 0.15) is 17.5 Å². The van der Waals surface area contributed by atoms with Gasteiger partial charge in [-0.3, -0.25) is 14.5 Å². The van der Waals surface area contributed by atoms with Gasteiger partial charge >= 0.3 is 0 Å². The smallest absolute Gasteiger partial charge is 0.252 e. The molecule has 1 atom stereocenters. The summed E-state index contributed by atoms with van der Waals surface area (Å²) >= 11 is 9.15. The Hall–Kier alpha value is -3.23. The molecule has 0 bridgehead atoms. The molecule has 1 fully saturated rings. The number of anilines is 1. The van der Waals surface area contributed by atoms with Crippen molar-refractivity contribution in [3.05, 3.63) is 94.5 Å². The van der Waals surface area contributed by atoms with Gasteiger partial charge in [0.2, 0.25) is 5.91 Å². The number of ether oxygens (including phenoxy) is 1. The van der Waals surface area contributed by atoms with Gasteiger partial charge in [-0.1, -0.05) is 58.4 Å². The minimum absolute atomic E-state index is 0.0273. The molecule has 0 spiro atoms. The highest BCUT2D eigenvalue weighted by Gasteiger charge is 2.42. The van der Waals surface area contributed by atoms with Crippen LogP contribution in [0, 0.1) is 0 Å². The number of carbonyl (C=O) groups excluding carboxylic acids is 2. The minimum atomic E-state index is -0.637. The van der Waals surface area contributed by atoms with Crippen molar-refractivity contribution in [2.24, 2.45) is 0 Å². The maximum absolute atomic E-state index is 13.5. The summed E-state index contributed by atoms with van der Waals surface area (Å²) in [4.78, 5) is 29.9. The van der Waals surface area contributed by atoms with Crippen LogP contribution in [0.5, 0.6) is 5.75 Å². The van der Waals surface area contributed by atoms with E-state index < -0.39 is 6.04 Å². The van der Waals surface area contributed by atoms with Gasteiger partial charge in [0, 0.05) is 23.2 Å². The van der Waals surface area contributed by atoms with Crippen molar-refractivity contribution in [2.45, 2.75) is 25.3 Å². The molecule has 186 valence electrons. The van der Waals surface area contributed by atoms with E-state index in [1.165, 1.54) is 0 Å². The summed E-state index contributed by atoms with van der Waals surface area (Å²) in [6, 6.07) is 24.6. The van der Waals surface area contributed by atoms with Gasteiger partial charge in [-0.2, -0.15) is 0 Å². The molecule has 0 radical (unpaired) electrons. The molecule has 0 aliphatic carbocycles. The molecule has 36 heavy (non-hydrogen) atoms. The molecule has 1 aliphatic heterocycles. The summed E-state index contributed by atoms with van der Waals surface area (Å²) in [5.74, 6) is 0.439. The van der Waals surface area contributed by atoms with E-state index in [2.05, 4.69) is 21.2 Å². The molecule has 3 aromatic rings. The zero-order chi connectivity index (χ0) is 25.5. The average Bonchev–Trinajstić information content (AvgIpc) is 3.11. The number of thiocarbonyl (C=S) groups is 1. The second kappa shape index (κ2) is 12.1. The van der Waals surface area contributed by atoms with Crippen LogP contribution in [0.15, 0.2) is 83.3 Å². The lowest BCUT2D eigenvalue weighted by molar-refractivity contribution is -0.130. The van der Waals surface area contributed by atoms with Crippen LogP contribution < -0.4 is 10.1 Å². The Bertz CT molecular complexity index is 1200. The summed E-state index contributed by atoms with van der Waals surface area (Å²) in [5, 5.41) is 3.37. The molecule has 0 saturated carbocycles. The lowest BCUT2D eigenvalue weighted by atomic mass is 10.1. The first-order valence-corrected chi connectivity index (χ1v) is 13.0. The number of methoxy groups -OCH3 is 1. The maximum Gasteiger partial charge on any atom is 0.252 e. The quantitative estimate of drug-likeness (QED) is 0.348. The Kier molecular flexibility index (Phi) is 8.72. The lowest BCUT2D eigenvalue weighted by Gasteiger charge is -2.24. The number of amides is 2. The topological polar surface area (TPSA) is 61.9 Å². The number of hydrogen-bond acceptors (Lipinski definition) is 4. The van der Waals surface area contributed by atoms with Crippen LogP contribution in [0.3, 0.4) is 0 Å². The van der Waals surface area contributed by atoms with E-state index in [0.717, 1.165) is 21.3 Å². The van der Waals surface area contributed by atoms with Crippen molar-refractivity contribution in [3.63, 3.8) is 0 Å². The lowest BCUT2D eigenvalue weighted by Crippen LogP contribution is -2.39. The van der Waals surface area contributed by atoms with E-state index in [-0.39, 0.29) is 18.2 Å². The van der Waals surface area contributed by atoms with Gasteiger partial charge in [-0.25, -0.2) is 0 Å². The predicted octanol–water partition coefficient (Wildman–Crippen LogP) is 5.07. The number of nitrogens with zero attached hydrogens (tertiary/aromatic N) is 2. The number of nitrogens with one attached hydrogen (secondary N) is 1. The molecule has 1 unspecified atom stereocenters. The largest absolute Gasteiger partial charge is 0.497 e. The fourth-order valence-corrected chi connectivity index (χ4v) is 4.86. The molecular formula is C28H28BrN3O3S. The van der Waals surface area contributed by atoms with Gasteiger partial charge in [-0.15, -0.1) is 0 Å². The summed E-state index contributed by atoms with van der Waals surface area (Å²) in [6.45, 7) is 1.01. The summed E-state index contributed by atoms with van der Waals surface area (Å²) < 4.78 is 6.17. The zero-order valence-electron chi connectivity index (χ0n) is 20.0. The van der Waals surface area contributed by atoms with Gasteiger partial charge in [-0.05, 0) is 72.6 Å². The van der Waals surface area contributed by atoms with Crippen molar-refractivity contribution in [1.82, 2.24) is 9.80 Å². The van der Waals surface area contributed by atoms with Crippen LogP contribution in [0.2, 0.25) is 0 Å². The van der Waals surface area contributed by atoms with Gasteiger partial charge in [0.15, 0.2) is 5.11 Å². The second-order valence-electron chi connectivity index (χ2n) is 8.57. The monoisotopic (exact) mass is 565 g/mol. The zero-order valence-corrected chi connectivity index (χ0v) is 22.4. The van der Waals surface area contributed by atoms with Gasteiger partial charge < -0.3 is 15.0 Å². The first kappa shape index (κ1) is 25.9. The van der Waals surface area contributed by atoms with Gasteiger partial charge in [0.25, 0.3) is 5.91 Å². The molecule has 4 rings (SSSR count). The Morgan fingerprint density at radius 2 is 1.58 bits per heavy atom. The maximum atomic E-state index is 13.5. The van der Waals surface area contributed by atoms with Crippen LogP contribution in [0.4, 0.5) is 5.69 Å². The van der Waals surface area contributed by atoms with Crippen molar-refractivity contribution in [2.75, 3.05) is 25.5 Å². The van der Waals surface area contributed by atoms with E-state index in [4.69, 9.17) is 17.0 Å². The number of benzene rings is 3. The molecule has 1 aliphatic rings. The van der Waals surface area contributed by atoms with Gasteiger partial charge in [0.05, 0.1) is 13.5 Å². The Labute approximate surface area is 225 Å². The minimum Gasteiger partial charge on any atom is -0.497 e. The summed E-state index contributed by atoms with van der Waals surface area (Å²) in [7, 11) is 1.64. The molecule has 1 heterocycles. The highest BCUT2D eigenvalue weighted by molar-refractivity contribution is 9.10. The van der Waals surface area contributed by atoms with E-state index in [1.807, 2.05) is 83.8 Å². The van der Waals surface area contributed by atoms with Crippen LogP contribution in [-0.2, 0) is 22.4 Å². The van der Waals surface area contributed by atoms with Gasteiger partial charge in [0.1, 0.15) is 11.8 Å². The van der Waals surface area contributed by atoms with Crippen molar-refractivity contribution >= 4 is 50.8 Å². The molecule has 2 amide bonds. The van der Waals surface area contributed by atoms with Crippen LogP contribution >= 0.6 is 28.1 Å². The third-order valence-corrected chi connectivity index (χ3v) is 7.16. The number of hydrogen-bond donors (Lipinski definition) is 1. The molecule has 8 heteroatoms. The highest BCUT2D eigenvalue weighted by atomic mass is 79.9. The fourth-order valence-electron chi connectivity index (χ4n) is 4.20. The standard InChI is InChI=1S/C28H28BrN3O3S/c1-35-24-13-7-21(8-14-24)15-17-31-25(19-26(33)30-23-11-9-22(29)10-12-23)27(34)32(28(31)36)18-16-20-5-3-2-4-6-20/h2-14,25H,15-19H2,1H3,(H,30,33). The Morgan fingerprint density at radius 3 is 2.25 bits per heavy atom. The van der Waals surface area contributed by atoms with E-state index >= 15 is 0 Å². The average molecular weight is 567 g/mol. The van der Waals surface area contributed by atoms with Crippen molar-refractivity contribution < 1.29 is 14.3 Å². The molecule has 1 N–H and O–H groups in total. The molecule has 1 saturated heterocycles. The third-order valence-electron chi connectivity index (χ3n) is 6.18. The summed E-state index contributed by atoms with van der Waals surface area (Å²) in [6.07, 6.45) is 1.41. The van der Waals surface area contributed by atoms with Crippen molar-refractivity contribution in [3.8, 4) is 5.75 Å². The fraction of sp³-hybridized carbons (Fsp3) is 0.250. The first-order valence-electron chi connectivity index (χ1n) is 11.8.